The van der Waals surface area contributed by atoms with Crippen LogP contribution in [0.3, 0.4) is 0 Å². The number of hydrogen-bond acceptors (Lipinski definition) is 3. The van der Waals surface area contributed by atoms with Crippen LogP contribution in [-0.4, -0.2) is 17.6 Å². The molecular formula is C12H16N2O2. The highest BCUT2D eigenvalue weighted by atomic mass is 16.4. The first kappa shape index (κ1) is 10.8. The molecule has 16 heavy (non-hydrogen) atoms. The fourth-order valence-electron chi connectivity index (χ4n) is 1.60. The van der Waals surface area contributed by atoms with Gasteiger partial charge in [-0.25, -0.2) is 4.79 Å². The van der Waals surface area contributed by atoms with E-state index in [1.165, 1.54) is 18.9 Å². The standard InChI is InChI=1S/C12H16N2O2/c1-12(5-6-12)7-14-9-4-2-3-8(10(9)13)11(15)16/h2-4,14H,5-7,13H2,1H3,(H,15,16). The summed E-state index contributed by atoms with van der Waals surface area (Å²) in [7, 11) is 0. The maximum absolute atomic E-state index is 10.9. The number of anilines is 2. The van der Waals surface area contributed by atoms with Crippen LogP contribution in [0.1, 0.15) is 30.1 Å². The predicted octanol–water partition coefficient (Wildman–Crippen LogP) is 2.18. The Morgan fingerprint density at radius 3 is 2.81 bits per heavy atom. The Kier molecular flexibility index (Phi) is 2.50. The second-order valence-corrected chi connectivity index (χ2v) is 4.74. The molecule has 1 saturated carbocycles. The second-order valence-electron chi connectivity index (χ2n) is 4.74. The van der Waals surface area contributed by atoms with Crippen molar-refractivity contribution in [2.45, 2.75) is 19.8 Å². The van der Waals surface area contributed by atoms with Crippen molar-refractivity contribution >= 4 is 17.3 Å². The average Bonchev–Trinajstić information content (AvgIpc) is 2.95. The van der Waals surface area contributed by atoms with Crippen LogP contribution >= 0.6 is 0 Å². The summed E-state index contributed by atoms with van der Waals surface area (Å²) in [5.41, 5.74) is 7.35. The van der Waals surface area contributed by atoms with E-state index in [9.17, 15) is 4.79 Å². The van der Waals surface area contributed by atoms with E-state index in [1.54, 1.807) is 6.07 Å². The van der Waals surface area contributed by atoms with Gasteiger partial charge < -0.3 is 16.2 Å². The topological polar surface area (TPSA) is 75.3 Å². The number of nitrogens with two attached hydrogens (primary N) is 1. The third-order valence-corrected chi connectivity index (χ3v) is 3.15. The van der Waals surface area contributed by atoms with Gasteiger partial charge >= 0.3 is 5.97 Å². The van der Waals surface area contributed by atoms with Crippen LogP contribution in [0.2, 0.25) is 0 Å². The van der Waals surface area contributed by atoms with Crippen molar-refractivity contribution in [1.82, 2.24) is 0 Å². The van der Waals surface area contributed by atoms with E-state index in [2.05, 4.69) is 12.2 Å². The second kappa shape index (κ2) is 3.70. The molecule has 0 aliphatic heterocycles. The fraction of sp³-hybridized carbons (Fsp3) is 0.417. The molecule has 0 bridgehead atoms. The van der Waals surface area contributed by atoms with Gasteiger partial charge in [-0.2, -0.15) is 0 Å². The Balaban J connectivity index is 2.14. The van der Waals surface area contributed by atoms with E-state index >= 15 is 0 Å². The first-order chi connectivity index (χ1) is 7.52. The van der Waals surface area contributed by atoms with Gasteiger partial charge in [-0.05, 0) is 30.4 Å². The Bertz CT molecular complexity index is 425. The van der Waals surface area contributed by atoms with Crippen molar-refractivity contribution in [2.24, 2.45) is 5.41 Å². The molecule has 1 aliphatic rings. The Hall–Kier alpha value is -1.71. The number of para-hydroxylation sites is 1. The van der Waals surface area contributed by atoms with E-state index in [1.807, 2.05) is 6.07 Å². The molecule has 0 saturated heterocycles. The molecule has 4 heteroatoms. The lowest BCUT2D eigenvalue weighted by atomic mass is 10.1. The highest BCUT2D eigenvalue weighted by Gasteiger charge is 2.36. The van der Waals surface area contributed by atoms with Crippen LogP contribution in [0.4, 0.5) is 11.4 Å². The van der Waals surface area contributed by atoms with Crippen LogP contribution in [0.5, 0.6) is 0 Å². The predicted molar refractivity (Wildman–Crippen MR) is 63.6 cm³/mol. The van der Waals surface area contributed by atoms with Crippen molar-refractivity contribution in [3.63, 3.8) is 0 Å². The monoisotopic (exact) mass is 220 g/mol. The summed E-state index contributed by atoms with van der Waals surface area (Å²) >= 11 is 0. The molecule has 86 valence electrons. The Morgan fingerprint density at radius 1 is 1.56 bits per heavy atom. The fourth-order valence-corrected chi connectivity index (χ4v) is 1.60. The van der Waals surface area contributed by atoms with Gasteiger partial charge in [0.05, 0.1) is 16.9 Å². The molecule has 1 fully saturated rings. The lowest BCUT2D eigenvalue weighted by Gasteiger charge is -2.14. The number of hydrogen-bond donors (Lipinski definition) is 3. The summed E-state index contributed by atoms with van der Waals surface area (Å²) in [6.07, 6.45) is 2.44. The van der Waals surface area contributed by atoms with Crippen molar-refractivity contribution in [1.29, 1.82) is 0 Å². The molecule has 4 nitrogen and oxygen atoms in total. The maximum atomic E-state index is 10.9. The quantitative estimate of drug-likeness (QED) is 0.680. The molecule has 0 aromatic heterocycles. The van der Waals surface area contributed by atoms with Crippen LogP contribution in [0.15, 0.2) is 18.2 Å². The molecule has 1 aromatic rings. The number of rotatable bonds is 4. The molecule has 1 aromatic carbocycles. The van der Waals surface area contributed by atoms with E-state index in [4.69, 9.17) is 10.8 Å². The first-order valence-electron chi connectivity index (χ1n) is 5.37. The van der Waals surface area contributed by atoms with E-state index in [0.29, 0.717) is 16.8 Å². The third-order valence-electron chi connectivity index (χ3n) is 3.15. The smallest absolute Gasteiger partial charge is 0.337 e. The van der Waals surface area contributed by atoms with Crippen LogP contribution in [0, 0.1) is 5.41 Å². The molecule has 0 spiro atoms. The van der Waals surface area contributed by atoms with Crippen molar-refractivity contribution < 1.29 is 9.90 Å². The Morgan fingerprint density at radius 2 is 2.25 bits per heavy atom. The summed E-state index contributed by atoms with van der Waals surface area (Å²) in [5, 5.41) is 12.1. The molecule has 2 rings (SSSR count). The van der Waals surface area contributed by atoms with Crippen LogP contribution in [0.25, 0.3) is 0 Å². The number of aromatic carboxylic acids is 1. The highest BCUT2D eigenvalue weighted by molar-refractivity contribution is 5.97. The first-order valence-corrected chi connectivity index (χ1v) is 5.37. The molecule has 0 radical (unpaired) electrons. The van der Waals surface area contributed by atoms with Crippen LogP contribution < -0.4 is 11.1 Å². The van der Waals surface area contributed by atoms with Gasteiger partial charge in [0.2, 0.25) is 0 Å². The van der Waals surface area contributed by atoms with E-state index < -0.39 is 5.97 Å². The normalized spacial score (nSPS) is 16.8. The van der Waals surface area contributed by atoms with E-state index in [-0.39, 0.29) is 5.56 Å². The lowest BCUT2D eigenvalue weighted by molar-refractivity contribution is 0.0698. The zero-order chi connectivity index (χ0) is 11.8. The molecule has 0 unspecified atom stereocenters. The molecular weight excluding hydrogens is 204 g/mol. The molecule has 0 amide bonds. The number of carboxylic acid groups (broad SMARTS) is 1. The molecule has 4 N–H and O–H groups in total. The Labute approximate surface area is 94.5 Å². The maximum Gasteiger partial charge on any atom is 0.337 e. The summed E-state index contributed by atoms with van der Waals surface area (Å²) in [6, 6.07) is 5.03. The number of carboxylic acids is 1. The largest absolute Gasteiger partial charge is 0.478 e. The van der Waals surface area contributed by atoms with Gasteiger partial charge in [-0.15, -0.1) is 0 Å². The minimum atomic E-state index is -0.987. The number of nitrogen functional groups attached to an aromatic ring is 1. The summed E-state index contributed by atoms with van der Waals surface area (Å²) in [5.74, 6) is -0.987. The number of benzene rings is 1. The van der Waals surface area contributed by atoms with Gasteiger partial charge in [-0.1, -0.05) is 13.0 Å². The van der Waals surface area contributed by atoms with Gasteiger partial charge in [-0.3, -0.25) is 0 Å². The minimum Gasteiger partial charge on any atom is -0.478 e. The van der Waals surface area contributed by atoms with Gasteiger partial charge in [0, 0.05) is 6.54 Å². The minimum absolute atomic E-state index is 0.158. The number of nitrogens with one attached hydrogen (secondary N) is 1. The number of carbonyl (C=O) groups is 1. The summed E-state index contributed by atoms with van der Waals surface area (Å²) in [4.78, 5) is 10.9. The van der Waals surface area contributed by atoms with Gasteiger partial charge in [0.15, 0.2) is 0 Å². The average molecular weight is 220 g/mol. The van der Waals surface area contributed by atoms with Crippen molar-refractivity contribution in [3.05, 3.63) is 23.8 Å². The summed E-state index contributed by atoms with van der Waals surface area (Å²) < 4.78 is 0. The molecule has 0 atom stereocenters. The van der Waals surface area contributed by atoms with Crippen LogP contribution in [-0.2, 0) is 0 Å². The van der Waals surface area contributed by atoms with Crippen molar-refractivity contribution in [3.8, 4) is 0 Å². The van der Waals surface area contributed by atoms with Gasteiger partial charge in [0.1, 0.15) is 0 Å². The van der Waals surface area contributed by atoms with E-state index in [0.717, 1.165) is 6.54 Å². The zero-order valence-electron chi connectivity index (χ0n) is 9.29. The third kappa shape index (κ3) is 2.10. The highest BCUT2D eigenvalue weighted by Crippen LogP contribution is 2.45. The molecule has 0 heterocycles. The molecule has 1 aliphatic carbocycles. The SMILES string of the molecule is CC1(CNc2cccc(C(=O)O)c2N)CC1. The van der Waals surface area contributed by atoms with Gasteiger partial charge in [0.25, 0.3) is 0 Å². The van der Waals surface area contributed by atoms with Crippen molar-refractivity contribution in [2.75, 3.05) is 17.6 Å². The summed E-state index contributed by atoms with van der Waals surface area (Å²) in [6.45, 7) is 3.05. The zero-order valence-corrected chi connectivity index (χ0v) is 9.29. The lowest BCUT2D eigenvalue weighted by Crippen LogP contribution is -2.14.